The second kappa shape index (κ2) is 13.1. The van der Waals surface area contributed by atoms with Crippen LogP contribution in [0.3, 0.4) is 0 Å². The molecule has 5 unspecified atom stereocenters. The maximum atomic E-state index is 12.8. The lowest BCUT2D eigenvalue weighted by atomic mass is 9.72. The molecule has 0 bridgehead atoms. The van der Waals surface area contributed by atoms with Gasteiger partial charge in [0.05, 0.1) is 30.9 Å². The van der Waals surface area contributed by atoms with Crippen LogP contribution in [-0.4, -0.2) is 65.6 Å². The fourth-order valence-corrected chi connectivity index (χ4v) is 8.19. The van der Waals surface area contributed by atoms with E-state index in [1.807, 2.05) is 6.92 Å². The van der Waals surface area contributed by atoms with E-state index < -0.39 is 0 Å². The summed E-state index contributed by atoms with van der Waals surface area (Å²) in [5.41, 5.74) is 8.36. The molecule has 0 aromatic rings. The number of hydrazine groups is 1. The van der Waals surface area contributed by atoms with Crippen molar-refractivity contribution in [3.63, 3.8) is 0 Å². The summed E-state index contributed by atoms with van der Waals surface area (Å²) in [6, 6.07) is 0.330. The fraction of sp³-hybridized carbons (Fsp3) is 0.931. The summed E-state index contributed by atoms with van der Waals surface area (Å²) in [4.78, 5) is 20.9. The van der Waals surface area contributed by atoms with E-state index in [4.69, 9.17) is 21.3 Å². The minimum absolute atomic E-state index is 0.0377. The Bertz CT molecular complexity index is 782. The van der Waals surface area contributed by atoms with Crippen LogP contribution in [0.5, 0.6) is 0 Å². The first-order chi connectivity index (χ1) is 18.0. The largest absolute Gasteiger partial charge is 0.378 e. The maximum Gasteiger partial charge on any atom is 0.222 e. The van der Waals surface area contributed by atoms with E-state index in [1.54, 1.807) is 0 Å². The van der Waals surface area contributed by atoms with Crippen molar-refractivity contribution in [2.75, 3.05) is 13.2 Å². The molecule has 4 fully saturated rings. The molecule has 5 rings (SSSR count). The highest BCUT2D eigenvalue weighted by Crippen LogP contribution is 2.42. The smallest absolute Gasteiger partial charge is 0.222 e. The van der Waals surface area contributed by atoms with Crippen molar-refractivity contribution in [3.8, 4) is 0 Å². The molecule has 0 aromatic carbocycles. The number of rotatable bonds is 8. The number of fused-ring (bicyclic) bond motifs is 3. The summed E-state index contributed by atoms with van der Waals surface area (Å²) in [6.45, 7) is 5.78. The van der Waals surface area contributed by atoms with Crippen LogP contribution in [0.25, 0.3) is 0 Å². The minimum atomic E-state index is -0.0935. The van der Waals surface area contributed by atoms with E-state index in [0.717, 1.165) is 57.5 Å². The average molecular weight is 536 g/mol. The Labute approximate surface area is 229 Å². The van der Waals surface area contributed by atoms with Gasteiger partial charge in [-0.1, -0.05) is 32.1 Å². The SMILES string of the molecule is CCNC(=O)C[C@@H]1N=C(C2CCC(Cl)CC2)C2CC(OCCC3CCCCC3)CCC2N2C(C)NNC12. The Morgan fingerprint density at radius 1 is 1.08 bits per heavy atom. The van der Waals surface area contributed by atoms with E-state index in [1.165, 1.54) is 44.2 Å². The highest BCUT2D eigenvalue weighted by Gasteiger charge is 2.50. The lowest BCUT2D eigenvalue weighted by Gasteiger charge is -2.44. The maximum absolute atomic E-state index is 12.8. The summed E-state index contributed by atoms with van der Waals surface area (Å²) >= 11 is 6.52. The van der Waals surface area contributed by atoms with Crippen LogP contribution in [-0.2, 0) is 9.53 Å². The van der Waals surface area contributed by atoms with Gasteiger partial charge in [-0.25, -0.2) is 10.9 Å². The molecule has 2 heterocycles. The molecule has 0 spiro atoms. The Balaban J connectivity index is 1.35. The predicted octanol–water partition coefficient (Wildman–Crippen LogP) is 4.74. The molecule has 0 radical (unpaired) electrons. The van der Waals surface area contributed by atoms with Gasteiger partial charge in [-0.05, 0) is 77.0 Å². The van der Waals surface area contributed by atoms with Gasteiger partial charge in [0.25, 0.3) is 0 Å². The number of aliphatic imine (C=N–C) groups is 1. The lowest BCUT2D eigenvalue weighted by molar-refractivity contribution is -0.121. The summed E-state index contributed by atoms with van der Waals surface area (Å²) in [5.74, 6) is 1.82. The molecule has 3 saturated carbocycles. The van der Waals surface area contributed by atoms with E-state index in [0.29, 0.717) is 42.3 Å². The van der Waals surface area contributed by atoms with Gasteiger partial charge in [-0.3, -0.25) is 14.7 Å². The number of carbonyl (C=O) groups is 1. The fourth-order valence-electron chi connectivity index (χ4n) is 7.93. The van der Waals surface area contributed by atoms with E-state index in [9.17, 15) is 4.79 Å². The van der Waals surface area contributed by atoms with E-state index in [-0.39, 0.29) is 24.3 Å². The number of hydrogen-bond acceptors (Lipinski definition) is 6. The highest BCUT2D eigenvalue weighted by atomic mass is 35.5. The van der Waals surface area contributed by atoms with Crippen LogP contribution in [0, 0.1) is 17.8 Å². The number of nitrogens with zero attached hydrogens (tertiary/aromatic N) is 2. The number of carbonyl (C=O) groups excluding carboxylic acids is 1. The van der Waals surface area contributed by atoms with Crippen LogP contribution >= 0.6 is 11.6 Å². The zero-order chi connectivity index (χ0) is 25.8. The number of nitrogens with one attached hydrogen (secondary N) is 3. The molecular weight excluding hydrogens is 486 g/mol. The van der Waals surface area contributed by atoms with Crippen LogP contribution in [0.4, 0.5) is 0 Å². The molecule has 1 amide bonds. The molecule has 0 aromatic heterocycles. The van der Waals surface area contributed by atoms with Gasteiger partial charge in [-0.2, -0.15) is 0 Å². The predicted molar refractivity (Wildman–Crippen MR) is 150 cm³/mol. The summed E-state index contributed by atoms with van der Waals surface area (Å²) in [7, 11) is 0. The molecule has 2 aliphatic heterocycles. The van der Waals surface area contributed by atoms with Crippen molar-refractivity contribution in [1.29, 1.82) is 0 Å². The molecule has 3 aliphatic carbocycles. The summed E-state index contributed by atoms with van der Waals surface area (Å²) in [5, 5.41) is 3.30. The third-order valence-corrected chi connectivity index (χ3v) is 10.3. The Morgan fingerprint density at radius 2 is 1.86 bits per heavy atom. The van der Waals surface area contributed by atoms with Crippen molar-refractivity contribution in [1.82, 2.24) is 21.1 Å². The van der Waals surface area contributed by atoms with Crippen molar-refractivity contribution in [2.24, 2.45) is 22.7 Å². The second-order valence-corrected chi connectivity index (χ2v) is 13.0. The van der Waals surface area contributed by atoms with Crippen molar-refractivity contribution < 1.29 is 9.53 Å². The third kappa shape index (κ3) is 6.71. The Hall–Kier alpha value is -0.730. The zero-order valence-electron chi connectivity index (χ0n) is 23.1. The lowest BCUT2D eigenvalue weighted by Crippen LogP contribution is -2.55. The summed E-state index contributed by atoms with van der Waals surface area (Å²) in [6.07, 6.45) is 16.9. The topological polar surface area (TPSA) is 78.0 Å². The van der Waals surface area contributed by atoms with Crippen LogP contribution in [0.2, 0.25) is 0 Å². The zero-order valence-corrected chi connectivity index (χ0v) is 23.9. The van der Waals surface area contributed by atoms with Gasteiger partial charge >= 0.3 is 0 Å². The summed E-state index contributed by atoms with van der Waals surface area (Å²) < 4.78 is 6.60. The number of hydrogen-bond donors (Lipinski definition) is 3. The number of alkyl halides is 1. The quantitative estimate of drug-likeness (QED) is 0.391. The average Bonchev–Trinajstić information content (AvgIpc) is 3.23. The molecular formula is C29H50ClN5O2. The van der Waals surface area contributed by atoms with Gasteiger partial charge in [0.2, 0.25) is 5.91 Å². The molecule has 7 nitrogen and oxygen atoms in total. The van der Waals surface area contributed by atoms with Gasteiger partial charge in [0.1, 0.15) is 0 Å². The minimum Gasteiger partial charge on any atom is -0.378 e. The van der Waals surface area contributed by atoms with Gasteiger partial charge < -0.3 is 10.1 Å². The van der Waals surface area contributed by atoms with Crippen molar-refractivity contribution >= 4 is 23.2 Å². The first-order valence-corrected chi connectivity index (χ1v) is 15.9. The third-order valence-electron chi connectivity index (χ3n) is 9.86. The van der Waals surface area contributed by atoms with Crippen LogP contribution < -0.4 is 16.2 Å². The highest BCUT2D eigenvalue weighted by molar-refractivity contribution is 6.20. The first-order valence-electron chi connectivity index (χ1n) is 15.4. The van der Waals surface area contributed by atoms with Crippen molar-refractivity contribution in [2.45, 2.75) is 140 Å². The van der Waals surface area contributed by atoms with Crippen LogP contribution in [0.1, 0.15) is 104 Å². The standard InChI is InChI=1S/C29H50ClN5O2/c1-3-31-27(36)18-25-29-34-33-19(2)35(29)26-14-13-23(37-16-15-20-7-5-4-6-8-20)17-24(26)28(32-25)21-9-11-22(30)12-10-21/h19-26,29,33-34H,3-18H2,1-2H3,(H,31,36)/t19?,21?,22?,23?,24?,25-,26?,29?/m0/s1. The monoisotopic (exact) mass is 535 g/mol. The number of halogens is 1. The van der Waals surface area contributed by atoms with Gasteiger partial charge in [-0.15, -0.1) is 11.6 Å². The Kier molecular flexibility index (Phi) is 9.84. The van der Waals surface area contributed by atoms with Gasteiger partial charge in [0, 0.05) is 36.2 Å². The van der Waals surface area contributed by atoms with Gasteiger partial charge in [0.15, 0.2) is 0 Å². The second-order valence-electron chi connectivity index (χ2n) is 12.4. The Morgan fingerprint density at radius 3 is 2.62 bits per heavy atom. The molecule has 1 saturated heterocycles. The molecule has 8 heteroatoms. The molecule has 3 N–H and O–H groups in total. The molecule has 37 heavy (non-hydrogen) atoms. The first kappa shape index (κ1) is 27.8. The molecule has 5 aliphatic rings. The van der Waals surface area contributed by atoms with Crippen LogP contribution in [0.15, 0.2) is 4.99 Å². The normalized spacial score (nSPS) is 39.4. The number of amides is 1. The van der Waals surface area contributed by atoms with Crippen molar-refractivity contribution in [3.05, 3.63) is 0 Å². The molecule has 210 valence electrons. The van der Waals surface area contributed by atoms with E-state index in [2.05, 4.69) is 28.0 Å². The number of ether oxygens (including phenoxy) is 1. The van der Waals surface area contributed by atoms with E-state index >= 15 is 0 Å². The molecule has 6 atom stereocenters.